The number of ether oxygens (including phenoxy) is 1. The smallest absolute Gasteiger partial charge is 0.406 e. The van der Waals surface area contributed by atoms with E-state index in [2.05, 4.69) is 10.1 Å². The van der Waals surface area contributed by atoms with Gasteiger partial charge in [0, 0.05) is 19.6 Å². The van der Waals surface area contributed by atoms with Crippen molar-refractivity contribution in [2.75, 3.05) is 13.1 Å². The van der Waals surface area contributed by atoms with Crippen LogP contribution in [0.4, 0.5) is 13.2 Å². The van der Waals surface area contributed by atoms with Crippen LogP contribution < -0.4 is 15.8 Å². The molecule has 0 aliphatic heterocycles. The molecular formula is C10H13F3N2O. The molecule has 0 bridgehead atoms. The van der Waals surface area contributed by atoms with Crippen LogP contribution in [0.15, 0.2) is 24.3 Å². The third kappa shape index (κ3) is 4.99. The molecule has 3 nitrogen and oxygen atoms in total. The number of hydrogen-bond donors (Lipinski definition) is 2. The maximum Gasteiger partial charge on any atom is 0.573 e. The predicted molar refractivity (Wildman–Crippen MR) is 53.9 cm³/mol. The van der Waals surface area contributed by atoms with Crippen molar-refractivity contribution in [1.82, 2.24) is 5.32 Å². The first kappa shape index (κ1) is 12.8. The van der Waals surface area contributed by atoms with E-state index >= 15 is 0 Å². The lowest BCUT2D eigenvalue weighted by Crippen LogP contribution is -2.21. The minimum absolute atomic E-state index is 0.213. The third-order valence-corrected chi connectivity index (χ3v) is 1.81. The van der Waals surface area contributed by atoms with Crippen LogP contribution in [0.1, 0.15) is 5.56 Å². The number of nitrogens with two attached hydrogens (primary N) is 1. The molecule has 0 fully saturated rings. The summed E-state index contributed by atoms with van der Waals surface area (Å²) in [4.78, 5) is 0. The molecule has 0 amide bonds. The number of nitrogens with one attached hydrogen (secondary N) is 1. The summed E-state index contributed by atoms with van der Waals surface area (Å²) >= 11 is 0. The lowest BCUT2D eigenvalue weighted by atomic mass is 10.2. The van der Waals surface area contributed by atoms with Gasteiger partial charge in [-0.2, -0.15) is 0 Å². The zero-order valence-electron chi connectivity index (χ0n) is 8.55. The van der Waals surface area contributed by atoms with Crippen molar-refractivity contribution in [3.05, 3.63) is 29.8 Å². The number of halogens is 3. The Morgan fingerprint density at radius 3 is 2.31 bits per heavy atom. The van der Waals surface area contributed by atoms with Gasteiger partial charge in [-0.1, -0.05) is 12.1 Å². The van der Waals surface area contributed by atoms with E-state index in [4.69, 9.17) is 5.73 Å². The normalized spacial score (nSPS) is 11.5. The van der Waals surface area contributed by atoms with Gasteiger partial charge in [0.25, 0.3) is 0 Å². The number of hydrogen-bond acceptors (Lipinski definition) is 3. The van der Waals surface area contributed by atoms with E-state index in [0.29, 0.717) is 19.6 Å². The summed E-state index contributed by atoms with van der Waals surface area (Å²) in [7, 11) is 0. The van der Waals surface area contributed by atoms with Gasteiger partial charge in [0.05, 0.1) is 0 Å². The minimum Gasteiger partial charge on any atom is -0.406 e. The maximum atomic E-state index is 11.8. The zero-order chi connectivity index (χ0) is 12.0. The van der Waals surface area contributed by atoms with Crippen LogP contribution in [-0.4, -0.2) is 19.5 Å². The Bertz CT molecular complexity index is 311. The van der Waals surface area contributed by atoms with Gasteiger partial charge in [0.15, 0.2) is 0 Å². The van der Waals surface area contributed by atoms with Crippen molar-refractivity contribution in [3.8, 4) is 5.75 Å². The van der Waals surface area contributed by atoms with E-state index < -0.39 is 6.36 Å². The van der Waals surface area contributed by atoms with Crippen molar-refractivity contribution < 1.29 is 17.9 Å². The second kappa shape index (κ2) is 5.72. The molecule has 90 valence electrons. The van der Waals surface area contributed by atoms with Crippen molar-refractivity contribution in [2.24, 2.45) is 5.73 Å². The Morgan fingerprint density at radius 2 is 1.81 bits per heavy atom. The van der Waals surface area contributed by atoms with Crippen LogP contribution in [0, 0.1) is 0 Å². The van der Waals surface area contributed by atoms with Crippen molar-refractivity contribution in [2.45, 2.75) is 12.9 Å². The molecule has 0 heterocycles. The Kier molecular flexibility index (Phi) is 4.57. The summed E-state index contributed by atoms with van der Waals surface area (Å²) in [5.74, 6) is -0.213. The Labute approximate surface area is 91.4 Å². The van der Waals surface area contributed by atoms with Crippen LogP contribution in [0.25, 0.3) is 0 Å². The van der Waals surface area contributed by atoms with Gasteiger partial charge in [-0.3, -0.25) is 0 Å². The molecule has 6 heteroatoms. The summed E-state index contributed by atoms with van der Waals surface area (Å²) in [5, 5.41) is 3.03. The predicted octanol–water partition coefficient (Wildman–Crippen LogP) is 1.63. The summed E-state index contributed by atoms with van der Waals surface area (Å²) in [6.45, 7) is 1.76. The summed E-state index contributed by atoms with van der Waals surface area (Å²) in [6.07, 6.45) is -4.64. The monoisotopic (exact) mass is 234 g/mol. The average molecular weight is 234 g/mol. The van der Waals surface area contributed by atoms with Crippen LogP contribution in [0.2, 0.25) is 0 Å². The fourth-order valence-electron chi connectivity index (χ4n) is 1.14. The minimum atomic E-state index is -4.64. The molecule has 0 saturated carbocycles. The third-order valence-electron chi connectivity index (χ3n) is 1.81. The lowest BCUT2D eigenvalue weighted by molar-refractivity contribution is -0.274. The molecular weight excluding hydrogens is 221 g/mol. The topological polar surface area (TPSA) is 47.3 Å². The van der Waals surface area contributed by atoms with Gasteiger partial charge in [0.1, 0.15) is 5.75 Å². The first-order valence-electron chi connectivity index (χ1n) is 4.77. The van der Waals surface area contributed by atoms with Gasteiger partial charge in [0.2, 0.25) is 0 Å². The Morgan fingerprint density at radius 1 is 1.19 bits per heavy atom. The highest BCUT2D eigenvalue weighted by atomic mass is 19.4. The fourth-order valence-corrected chi connectivity index (χ4v) is 1.14. The molecule has 1 aromatic rings. The van der Waals surface area contributed by atoms with E-state index in [0.717, 1.165) is 5.56 Å². The van der Waals surface area contributed by atoms with E-state index in [1.807, 2.05) is 0 Å². The molecule has 0 aromatic heterocycles. The first-order chi connectivity index (χ1) is 7.51. The SMILES string of the molecule is NCCNCc1ccc(OC(F)(F)F)cc1. The van der Waals surface area contributed by atoms with Crippen molar-refractivity contribution in [3.63, 3.8) is 0 Å². The Hall–Kier alpha value is -1.27. The lowest BCUT2D eigenvalue weighted by Gasteiger charge is -2.09. The molecule has 0 aliphatic carbocycles. The molecule has 0 atom stereocenters. The van der Waals surface area contributed by atoms with Gasteiger partial charge < -0.3 is 15.8 Å². The highest BCUT2D eigenvalue weighted by Crippen LogP contribution is 2.22. The molecule has 0 radical (unpaired) electrons. The van der Waals surface area contributed by atoms with Gasteiger partial charge in [-0.15, -0.1) is 13.2 Å². The molecule has 0 aliphatic rings. The second-order valence-electron chi connectivity index (χ2n) is 3.16. The van der Waals surface area contributed by atoms with E-state index in [1.165, 1.54) is 12.1 Å². The first-order valence-corrected chi connectivity index (χ1v) is 4.77. The summed E-state index contributed by atoms with van der Waals surface area (Å²) in [5.41, 5.74) is 6.16. The standard InChI is InChI=1S/C10H13F3N2O/c11-10(12,13)16-9-3-1-8(2-4-9)7-15-6-5-14/h1-4,15H,5-7,14H2. The van der Waals surface area contributed by atoms with Crippen LogP contribution in [0.5, 0.6) is 5.75 Å². The molecule has 16 heavy (non-hydrogen) atoms. The molecule has 1 aromatic carbocycles. The molecule has 1 rings (SSSR count). The molecule has 0 spiro atoms. The second-order valence-corrected chi connectivity index (χ2v) is 3.16. The van der Waals surface area contributed by atoms with Gasteiger partial charge in [-0.25, -0.2) is 0 Å². The number of benzene rings is 1. The number of alkyl halides is 3. The summed E-state index contributed by atoms with van der Waals surface area (Å²) < 4.78 is 39.3. The van der Waals surface area contributed by atoms with Crippen LogP contribution >= 0.6 is 0 Å². The largest absolute Gasteiger partial charge is 0.573 e. The highest BCUT2D eigenvalue weighted by molar-refractivity contribution is 5.27. The van der Waals surface area contributed by atoms with Gasteiger partial charge in [-0.05, 0) is 17.7 Å². The molecule has 0 saturated heterocycles. The summed E-state index contributed by atoms with van der Waals surface area (Å²) in [6, 6.07) is 5.72. The van der Waals surface area contributed by atoms with Crippen molar-refractivity contribution >= 4 is 0 Å². The highest BCUT2D eigenvalue weighted by Gasteiger charge is 2.30. The van der Waals surface area contributed by atoms with E-state index in [9.17, 15) is 13.2 Å². The number of rotatable bonds is 5. The molecule has 0 unspecified atom stereocenters. The van der Waals surface area contributed by atoms with Gasteiger partial charge >= 0.3 is 6.36 Å². The van der Waals surface area contributed by atoms with E-state index in [-0.39, 0.29) is 5.75 Å². The zero-order valence-corrected chi connectivity index (χ0v) is 8.55. The Balaban J connectivity index is 2.48. The average Bonchev–Trinajstić information content (AvgIpc) is 2.19. The fraction of sp³-hybridized carbons (Fsp3) is 0.400. The van der Waals surface area contributed by atoms with Crippen LogP contribution in [-0.2, 0) is 6.54 Å². The van der Waals surface area contributed by atoms with Crippen LogP contribution in [0.3, 0.4) is 0 Å². The van der Waals surface area contributed by atoms with E-state index in [1.54, 1.807) is 12.1 Å². The molecule has 3 N–H and O–H groups in total. The maximum absolute atomic E-state index is 11.8. The quantitative estimate of drug-likeness (QED) is 0.761. The van der Waals surface area contributed by atoms with Crippen molar-refractivity contribution in [1.29, 1.82) is 0 Å².